The van der Waals surface area contributed by atoms with E-state index in [4.69, 9.17) is 16.6 Å². The van der Waals surface area contributed by atoms with E-state index in [2.05, 4.69) is 39.9 Å². The summed E-state index contributed by atoms with van der Waals surface area (Å²) >= 11 is 6.11. The summed E-state index contributed by atoms with van der Waals surface area (Å²) in [6.07, 6.45) is 4.08. The van der Waals surface area contributed by atoms with Gasteiger partial charge in [-0.15, -0.1) is 0 Å². The molecule has 0 atom stereocenters. The zero-order chi connectivity index (χ0) is 17.1. The Kier molecular flexibility index (Phi) is 4.32. The molecule has 4 aromatic rings. The van der Waals surface area contributed by atoms with E-state index in [-0.39, 0.29) is 0 Å². The Balaban J connectivity index is 1.79. The van der Waals surface area contributed by atoms with Gasteiger partial charge in [-0.2, -0.15) is 0 Å². The summed E-state index contributed by atoms with van der Waals surface area (Å²) in [6.45, 7) is 0.694. The van der Waals surface area contributed by atoms with E-state index in [0.717, 1.165) is 22.6 Å². The lowest BCUT2D eigenvalue weighted by molar-refractivity contribution is 0.804. The maximum Gasteiger partial charge on any atom is 0.162 e. The van der Waals surface area contributed by atoms with Gasteiger partial charge in [0.25, 0.3) is 0 Å². The van der Waals surface area contributed by atoms with Crippen LogP contribution in [0, 0.1) is 0 Å². The minimum Gasteiger partial charge on any atom is -0.305 e. The second kappa shape index (κ2) is 6.91. The predicted octanol–water partition coefficient (Wildman–Crippen LogP) is 5.30. The monoisotopic (exact) mass is 345 g/mol. The van der Waals surface area contributed by atoms with Crippen molar-refractivity contribution in [1.82, 2.24) is 14.5 Å². The molecule has 0 amide bonds. The summed E-state index contributed by atoms with van der Waals surface area (Å²) in [5.74, 6) is 0.859. The van der Waals surface area contributed by atoms with Gasteiger partial charge in [0, 0.05) is 0 Å². The second-order valence-corrected chi connectivity index (χ2v) is 6.15. The summed E-state index contributed by atoms with van der Waals surface area (Å²) in [4.78, 5) is 9.20. The lowest BCUT2D eigenvalue weighted by Gasteiger charge is -2.07. The molecule has 0 unspecified atom stereocenters. The van der Waals surface area contributed by atoms with Crippen LogP contribution in [0.1, 0.15) is 17.0 Å². The van der Waals surface area contributed by atoms with Gasteiger partial charge in [0.1, 0.15) is 16.5 Å². The quantitative estimate of drug-likeness (QED) is 0.470. The number of hydrogen-bond donors (Lipinski definition) is 0. The average molecular weight is 346 g/mol. The number of benzene rings is 2. The minimum absolute atomic E-state index is 0.473. The molecule has 2 aromatic heterocycles. The van der Waals surface area contributed by atoms with E-state index in [9.17, 15) is 0 Å². The molecule has 4 rings (SSSR count). The van der Waals surface area contributed by atoms with Gasteiger partial charge in [0.2, 0.25) is 0 Å². The van der Waals surface area contributed by atoms with Crippen molar-refractivity contribution in [3.8, 4) is 0 Å². The number of imidazole rings is 1. The highest BCUT2D eigenvalue weighted by Crippen LogP contribution is 2.20. The number of nitrogens with zero attached hydrogens (tertiary/aromatic N) is 3. The first kappa shape index (κ1) is 15.6. The Bertz CT molecular complexity index is 1020. The van der Waals surface area contributed by atoms with Gasteiger partial charge in [-0.1, -0.05) is 78.3 Å². The third-order valence-electron chi connectivity index (χ3n) is 4.00. The molecule has 0 saturated heterocycles. The summed E-state index contributed by atoms with van der Waals surface area (Å²) in [5.41, 5.74) is 3.96. The van der Waals surface area contributed by atoms with E-state index in [0.29, 0.717) is 11.7 Å². The van der Waals surface area contributed by atoms with Crippen molar-refractivity contribution in [1.29, 1.82) is 0 Å². The zero-order valence-electron chi connectivity index (χ0n) is 13.5. The number of halogens is 1. The van der Waals surface area contributed by atoms with Crippen LogP contribution < -0.4 is 0 Å². The van der Waals surface area contributed by atoms with Gasteiger partial charge >= 0.3 is 0 Å². The molecule has 0 bridgehead atoms. The lowest BCUT2D eigenvalue weighted by atomic mass is 10.2. The molecule has 0 saturated carbocycles. The molecule has 0 spiro atoms. The van der Waals surface area contributed by atoms with E-state index in [1.807, 2.05) is 48.5 Å². The Hall–Kier alpha value is -2.91. The first-order valence-corrected chi connectivity index (χ1v) is 8.47. The number of aromatic nitrogens is 3. The van der Waals surface area contributed by atoms with Crippen molar-refractivity contribution in [3.63, 3.8) is 0 Å². The van der Waals surface area contributed by atoms with Crippen LogP contribution in [0.5, 0.6) is 0 Å². The molecule has 2 aromatic carbocycles. The summed E-state index contributed by atoms with van der Waals surface area (Å²) < 4.78 is 2.09. The van der Waals surface area contributed by atoms with Crippen LogP contribution in [0.4, 0.5) is 0 Å². The van der Waals surface area contributed by atoms with Crippen molar-refractivity contribution in [2.75, 3.05) is 0 Å². The fraction of sp³-hybridized carbons (Fsp3) is 0.0476. The number of rotatable bonds is 4. The van der Waals surface area contributed by atoms with Gasteiger partial charge in [-0.05, 0) is 29.3 Å². The molecule has 122 valence electrons. The van der Waals surface area contributed by atoms with Gasteiger partial charge in [0.15, 0.2) is 5.65 Å². The van der Waals surface area contributed by atoms with Crippen LogP contribution in [0.15, 0.2) is 72.8 Å². The largest absolute Gasteiger partial charge is 0.305 e. The molecule has 0 aliphatic carbocycles. The Labute approximate surface area is 151 Å². The van der Waals surface area contributed by atoms with E-state index < -0.39 is 0 Å². The van der Waals surface area contributed by atoms with Gasteiger partial charge in [0.05, 0.1) is 6.54 Å². The first-order chi connectivity index (χ1) is 12.3. The number of fused-ring (bicyclic) bond motifs is 1. The first-order valence-electron chi connectivity index (χ1n) is 8.09. The summed E-state index contributed by atoms with van der Waals surface area (Å²) in [7, 11) is 0. The van der Waals surface area contributed by atoms with Crippen LogP contribution in [-0.2, 0) is 6.54 Å². The Morgan fingerprint density at radius 3 is 2.28 bits per heavy atom. The molecular formula is C21H16ClN3. The van der Waals surface area contributed by atoms with Crippen LogP contribution in [0.3, 0.4) is 0 Å². The van der Waals surface area contributed by atoms with Crippen LogP contribution >= 0.6 is 11.6 Å². The highest BCUT2D eigenvalue weighted by molar-refractivity contribution is 6.29. The van der Waals surface area contributed by atoms with E-state index in [1.54, 1.807) is 6.07 Å². The van der Waals surface area contributed by atoms with Crippen molar-refractivity contribution in [2.24, 2.45) is 0 Å². The normalized spacial score (nSPS) is 11.4. The van der Waals surface area contributed by atoms with Crippen LogP contribution in [0.2, 0.25) is 5.15 Å². The van der Waals surface area contributed by atoms with Crippen molar-refractivity contribution >= 4 is 34.9 Å². The molecule has 0 aliphatic heterocycles. The minimum atomic E-state index is 0.473. The lowest BCUT2D eigenvalue weighted by Crippen LogP contribution is -2.03. The molecule has 0 fully saturated rings. The molecular weight excluding hydrogens is 330 g/mol. The third-order valence-corrected chi connectivity index (χ3v) is 4.21. The summed E-state index contributed by atoms with van der Waals surface area (Å²) in [6, 6.07) is 24.1. The maximum atomic E-state index is 6.11. The van der Waals surface area contributed by atoms with Crippen LogP contribution in [-0.4, -0.2) is 14.5 Å². The van der Waals surface area contributed by atoms with Gasteiger partial charge in [-0.25, -0.2) is 9.97 Å². The molecule has 0 radical (unpaired) electrons. The number of pyridine rings is 1. The maximum absolute atomic E-state index is 6.11. The van der Waals surface area contributed by atoms with Crippen molar-refractivity contribution < 1.29 is 0 Å². The van der Waals surface area contributed by atoms with Crippen LogP contribution in [0.25, 0.3) is 23.3 Å². The Morgan fingerprint density at radius 1 is 0.800 bits per heavy atom. The third kappa shape index (κ3) is 3.47. The van der Waals surface area contributed by atoms with Crippen molar-refractivity contribution in [2.45, 2.75) is 6.54 Å². The standard InChI is InChI=1S/C21H16ClN3/c22-19-13-12-18-21(24-19)25(15-17-9-5-2-6-10-17)20(23-18)14-11-16-7-3-1-4-8-16/h1-14H,15H2/b14-11+. The topological polar surface area (TPSA) is 30.7 Å². The predicted molar refractivity (Wildman–Crippen MR) is 103 cm³/mol. The molecule has 3 nitrogen and oxygen atoms in total. The van der Waals surface area contributed by atoms with Gasteiger partial charge < -0.3 is 4.57 Å². The zero-order valence-corrected chi connectivity index (χ0v) is 14.3. The molecule has 4 heteroatoms. The average Bonchev–Trinajstić information content (AvgIpc) is 2.99. The fourth-order valence-electron chi connectivity index (χ4n) is 2.78. The van der Waals surface area contributed by atoms with E-state index in [1.165, 1.54) is 5.56 Å². The summed E-state index contributed by atoms with van der Waals surface area (Å²) in [5, 5.41) is 0.473. The Morgan fingerprint density at radius 2 is 1.52 bits per heavy atom. The smallest absolute Gasteiger partial charge is 0.162 e. The highest BCUT2D eigenvalue weighted by Gasteiger charge is 2.11. The molecule has 0 N–H and O–H groups in total. The van der Waals surface area contributed by atoms with Crippen molar-refractivity contribution in [3.05, 3.63) is 94.9 Å². The molecule has 2 heterocycles. The molecule has 0 aliphatic rings. The SMILES string of the molecule is Clc1ccc2nc(/C=C/c3ccccc3)n(Cc3ccccc3)c2n1. The fourth-order valence-corrected chi connectivity index (χ4v) is 2.92. The van der Waals surface area contributed by atoms with E-state index >= 15 is 0 Å². The molecule has 25 heavy (non-hydrogen) atoms. The number of hydrogen-bond acceptors (Lipinski definition) is 2. The second-order valence-electron chi connectivity index (χ2n) is 5.76. The van der Waals surface area contributed by atoms with Gasteiger partial charge in [-0.3, -0.25) is 0 Å². The highest BCUT2D eigenvalue weighted by atomic mass is 35.5.